The van der Waals surface area contributed by atoms with E-state index in [0.717, 1.165) is 0 Å². The summed E-state index contributed by atoms with van der Waals surface area (Å²) in [7, 11) is 1.30. The van der Waals surface area contributed by atoms with Crippen LogP contribution in [0.3, 0.4) is 0 Å². The van der Waals surface area contributed by atoms with E-state index in [0.29, 0.717) is 5.69 Å². The molecule has 1 rings (SSSR count). The molecule has 0 aromatic carbocycles. The predicted molar refractivity (Wildman–Crippen MR) is 47.3 cm³/mol. The van der Waals surface area contributed by atoms with Gasteiger partial charge in [-0.2, -0.15) is 0 Å². The van der Waals surface area contributed by atoms with Crippen molar-refractivity contribution in [2.24, 2.45) is 0 Å². The zero-order valence-corrected chi connectivity index (χ0v) is 8.39. The highest BCUT2D eigenvalue weighted by molar-refractivity contribution is 5.68. The zero-order valence-electron chi connectivity index (χ0n) is 8.39. The maximum absolute atomic E-state index is 10.9. The number of hydrogen-bond acceptors (Lipinski definition) is 5. The van der Waals surface area contributed by atoms with E-state index in [1.54, 1.807) is 13.8 Å². The molecule has 6 heteroatoms. The molecule has 0 unspecified atom stereocenters. The van der Waals surface area contributed by atoms with Crippen molar-refractivity contribution in [1.29, 1.82) is 0 Å². The maximum atomic E-state index is 10.9. The second-order valence-electron chi connectivity index (χ2n) is 3.44. The topological polar surface area (TPSA) is 77.2 Å². The molecule has 0 fully saturated rings. The first kappa shape index (κ1) is 10.6. The van der Waals surface area contributed by atoms with Gasteiger partial charge in [0, 0.05) is 0 Å². The molecule has 0 radical (unpaired) electrons. The van der Waals surface area contributed by atoms with Gasteiger partial charge in [-0.3, -0.25) is 4.79 Å². The fourth-order valence-corrected chi connectivity index (χ4v) is 0.853. The fourth-order valence-electron chi connectivity index (χ4n) is 0.853. The Morgan fingerprint density at radius 2 is 2.36 bits per heavy atom. The van der Waals surface area contributed by atoms with Crippen molar-refractivity contribution in [2.45, 2.75) is 26.0 Å². The number of carbonyl (C=O) groups is 1. The first-order chi connectivity index (χ1) is 6.43. The number of esters is 1. The smallest absolute Gasteiger partial charge is 0.327 e. The highest BCUT2D eigenvalue weighted by Crippen LogP contribution is 2.15. The van der Waals surface area contributed by atoms with Gasteiger partial charge in [0.15, 0.2) is 0 Å². The number of aromatic nitrogens is 3. The average molecular weight is 199 g/mol. The minimum Gasteiger partial charge on any atom is -0.468 e. The lowest BCUT2D eigenvalue weighted by Crippen LogP contribution is -2.16. The Bertz CT molecular complexity index is 327. The summed E-state index contributed by atoms with van der Waals surface area (Å²) in [4.78, 5) is 10.9. The summed E-state index contributed by atoms with van der Waals surface area (Å²) in [5.74, 6) is -0.405. The summed E-state index contributed by atoms with van der Waals surface area (Å²) in [5, 5.41) is 17.0. The molecular formula is C8H13N3O3. The van der Waals surface area contributed by atoms with Crippen molar-refractivity contribution < 1.29 is 14.6 Å². The molecule has 0 saturated carbocycles. The third kappa shape index (κ3) is 2.53. The SMILES string of the molecule is COC(=O)Cn1cc(C(C)(C)O)nn1. The van der Waals surface area contributed by atoms with Crippen LogP contribution in [-0.4, -0.2) is 33.2 Å². The zero-order chi connectivity index (χ0) is 10.8. The van der Waals surface area contributed by atoms with Gasteiger partial charge in [0.25, 0.3) is 0 Å². The molecule has 1 heterocycles. The standard InChI is InChI=1S/C8H13N3O3/c1-8(2,13)6-4-11(10-9-6)5-7(12)14-3/h4,13H,5H2,1-3H3. The van der Waals surface area contributed by atoms with Crippen LogP contribution >= 0.6 is 0 Å². The number of carbonyl (C=O) groups excluding carboxylic acids is 1. The third-order valence-electron chi connectivity index (χ3n) is 1.68. The Balaban J connectivity index is 2.74. The molecule has 0 atom stereocenters. The minimum atomic E-state index is -1.05. The maximum Gasteiger partial charge on any atom is 0.327 e. The summed E-state index contributed by atoms with van der Waals surface area (Å²) >= 11 is 0. The molecule has 0 amide bonds. The van der Waals surface area contributed by atoms with E-state index in [1.165, 1.54) is 18.0 Å². The Morgan fingerprint density at radius 3 is 2.79 bits per heavy atom. The van der Waals surface area contributed by atoms with Gasteiger partial charge in [0.05, 0.1) is 13.3 Å². The second-order valence-corrected chi connectivity index (χ2v) is 3.44. The van der Waals surface area contributed by atoms with Crippen LogP contribution in [0.2, 0.25) is 0 Å². The molecule has 0 aliphatic rings. The summed E-state index contributed by atoms with van der Waals surface area (Å²) in [6, 6.07) is 0. The lowest BCUT2D eigenvalue weighted by Gasteiger charge is -2.11. The molecule has 1 aromatic heterocycles. The van der Waals surface area contributed by atoms with Crippen LogP contribution in [-0.2, 0) is 21.7 Å². The van der Waals surface area contributed by atoms with E-state index in [4.69, 9.17) is 0 Å². The molecule has 1 N–H and O–H groups in total. The largest absolute Gasteiger partial charge is 0.468 e. The van der Waals surface area contributed by atoms with Crippen LogP contribution in [0.1, 0.15) is 19.5 Å². The Hall–Kier alpha value is -1.43. The first-order valence-electron chi connectivity index (χ1n) is 4.13. The average Bonchev–Trinajstić information content (AvgIpc) is 2.51. The van der Waals surface area contributed by atoms with Crippen molar-refractivity contribution in [3.8, 4) is 0 Å². The Labute approximate surface area is 81.5 Å². The van der Waals surface area contributed by atoms with Crippen molar-refractivity contribution in [2.75, 3.05) is 7.11 Å². The Kier molecular flexibility index (Phi) is 2.85. The predicted octanol–water partition coefficient (Wildman–Crippen LogP) is -0.322. The molecule has 6 nitrogen and oxygen atoms in total. The van der Waals surface area contributed by atoms with Crippen molar-refractivity contribution in [1.82, 2.24) is 15.0 Å². The lowest BCUT2D eigenvalue weighted by atomic mass is 10.1. The first-order valence-corrected chi connectivity index (χ1v) is 4.13. The number of nitrogens with zero attached hydrogens (tertiary/aromatic N) is 3. The minimum absolute atomic E-state index is 0.000417. The van der Waals surface area contributed by atoms with Gasteiger partial charge in [-0.25, -0.2) is 4.68 Å². The van der Waals surface area contributed by atoms with Gasteiger partial charge in [-0.05, 0) is 13.8 Å². The second kappa shape index (κ2) is 3.75. The fraction of sp³-hybridized carbons (Fsp3) is 0.625. The number of aliphatic hydroxyl groups is 1. The summed E-state index contributed by atoms with van der Waals surface area (Å²) in [5.41, 5.74) is -0.629. The molecule has 14 heavy (non-hydrogen) atoms. The molecule has 1 aromatic rings. The molecular weight excluding hydrogens is 186 g/mol. The van der Waals surface area contributed by atoms with E-state index >= 15 is 0 Å². The van der Waals surface area contributed by atoms with Gasteiger partial charge < -0.3 is 9.84 Å². The van der Waals surface area contributed by atoms with Gasteiger partial charge in [-0.1, -0.05) is 5.21 Å². The van der Waals surface area contributed by atoms with Crippen LogP contribution in [0, 0.1) is 0 Å². The molecule has 0 aliphatic heterocycles. The summed E-state index contributed by atoms with van der Waals surface area (Å²) in [6.07, 6.45) is 1.51. The van der Waals surface area contributed by atoms with Crippen molar-refractivity contribution >= 4 is 5.97 Å². The molecule has 0 aliphatic carbocycles. The van der Waals surface area contributed by atoms with E-state index in [9.17, 15) is 9.90 Å². The van der Waals surface area contributed by atoms with E-state index < -0.39 is 11.6 Å². The van der Waals surface area contributed by atoms with Gasteiger partial charge in [0.1, 0.15) is 17.8 Å². The molecule has 0 bridgehead atoms. The van der Waals surface area contributed by atoms with Crippen LogP contribution in [0.25, 0.3) is 0 Å². The third-order valence-corrected chi connectivity index (χ3v) is 1.68. The van der Waals surface area contributed by atoms with Crippen LogP contribution in [0.5, 0.6) is 0 Å². The molecule has 0 spiro atoms. The number of rotatable bonds is 3. The highest BCUT2D eigenvalue weighted by atomic mass is 16.5. The van der Waals surface area contributed by atoms with Crippen molar-refractivity contribution in [3.63, 3.8) is 0 Å². The van der Waals surface area contributed by atoms with Gasteiger partial charge in [0.2, 0.25) is 0 Å². The lowest BCUT2D eigenvalue weighted by molar-refractivity contribution is -0.141. The number of hydrogen-bond donors (Lipinski definition) is 1. The van der Waals surface area contributed by atoms with Crippen LogP contribution in [0.15, 0.2) is 6.20 Å². The Morgan fingerprint density at radius 1 is 1.71 bits per heavy atom. The number of methoxy groups -OCH3 is 1. The van der Waals surface area contributed by atoms with E-state index in [1.807, 2.05) is 0 Å². The van der Waals surface area contributed by atoms with Gasteiger partial charge >= 0.3 is 5.97 Å². The van der Waals surface area contributed by atoms with Crippen molar-refractivity contribution in [3.05, 3.63) is 11.9 Å². The van der Waals surface area contributed by atoms with E-state index in [-0.39, 0.29) is 6.54 Å². The molecule has 0 saturated heterocycles. The quantitative estimate of drug-likeness (QED) is 0.675. The van der Waals surface area contributed by atoms with E-state index in [2.05, 4.69) is 15.0 Å². The highest BCUT2D eigenvalue weighted by Gasteiger charge is 2.20. The summed E-state index contributed by atoms with van der Waals surface area (Å²) < 4.78 is 5.78. The number of ether oxygens (including phenoxy) is 1. The van der Waals surface area contributed by atoms with Crippen LogP contribution < -0.4 is 0 Å². The van der Waals surface area contributed by atoms with Gasteiger partial charge in [-0.15, -0.1) is 5.10 Å². The van der Waals surface area contributed by atoms with Crippen LogP contribution in [0.4, 0.5) is 0 Å². The molecule has 78 valence electrons. The normalized spacial score (nSPS) is 11.4. The summed E-state index contributed by atoms with van der Waals surface area (Å²) in [6.45, 7) is 3.19. The monoisotopic (exact) mass is 199 g/mol.